The fraction of sp³-hybridized carbons (Fsp3) is 0.452. The summed E-state index contributed by atoms with van der Waals surface area (Å²) in [4.78, 5) is 39.7. The summed E-state index contributed by atoms with van der Waals surface area (Å²) in [7, 11) is 3.82. The fourth-order valence-corrected chi connectivity index (χ4v) is 5.26. The Balaban J connectivity index is 1.71. The van der Waals surface area contributed by atoms with E-state index in [-0.39, 0.29) is 23.7 Å². The first-order valence-electron chi connectivity index (χ1n) is 14.1. The second-order valence-corrected chi connectivity index (χ2v) is 10.9. The number of aromatic nitrogens is 1. The number of para-hydroxylation sites is 1. The van der Waals surface area contributed by atoms with Gasteiger partial charge in [0.15, 0.2) is 5.78 Å². The first kappa shape index (κ1) is 31.2. The van der Waals surface area contributed by atoms with Gasteiger partial charge in [0, 0.05) is 32.1 Å². The average Bonchev–Trinajstić information content (AvgIpc) is 2.94. The van der Waals surface area contributed by atoms with Gasteiger partial charge in [-0.3, -0.25) is 14.4 Å². The summed E-state index contributed by atoms with van der Waals surface area (Å²) in [6.45, 7) is 3.56. The molecule has 1 heterocycles. The minimum absolute atomic E-state index is 0.0690. The number of aryl methyl sites for hydroxylation is 2. The van der Waals surface area contributed by atoms with Crippen molar-refractivity contribution in [3.05, 3.63) is 82.1 Å². The van der Waals surface area contributed by atoms with Gasteiger partial charge in [0.05, 0.1) is 44.3 Å². The summed E-state index contributed by atoms with van der Waals surface area (Å²) < 4.78 is 2.30. The van der Waals surface area contributed by atoms with Gasteiger partial charge in [0.25, 0.3) is 5.56 Å². The van der Waals surface area contributed by atoms with Gasteiger partial charge in [-0.1, -0.05) is 48.5 Å². The topological polar surface area (TPSA) is 146 Å². The highest BCUT2D eigenvalue weighted by Crippen LogP contribution is 2.15. The van der Waals surface area contributed by atoms with Gasteiger partial charge in [-0.15, -0.1) is 0 Å². The second-order valence-electron chi connectivity index (χ2n) is 10.9. The molecule has 2 atom stereocenters. The Kier molecular flexibility index (Phi) is 11.6. The lowest BCUT2D eigenvalue weighted by molar-refractivity contribution is -0.907. The largest absolute Gasteiger partial charge is 0.345 e. The van der Waals surface area contributed by atoms with Gasteiger partial charge in [0.1, 0.15) is 0 Å². The molecule has 0 spiro atoms. The van der Waals surface area contributed by atoms with Crippen LogP contribution in [0.15, 0.2) is 65.5 Å². The van der Waals surface area contributed by atoms with Crippen molar-refractivity contribution in [1.29, 1.82) is 0 Å². The molecule has 0 bridgehead atoms. The van der Waals surface area contributed by atoms with Gasteiger partial charge in [-0.05, 0) is 48.8 Å². The van der Waals surface area contributed by atoms with Crippen LogP contribution < -0.4 is 28.1 Å². The van der Waals surface area contributed by atoms with E-state index in [1.165, 1.54) is 0 Å². The Hall–Kier alpha value is -3.37. The van der Waals surface area contributed by atoms with Crippen molar-refractivity contribution in [1.82, 2.24) is 9.88 Å². The van der Waals surface area contributed by atoms with Crippen LogP contribution in [0.2, 0.25) is 0 Å². The van der Waals surface area contributed by atoms with Crippen molar-refractivity contribution in [2.45, 2.75) is 44.2 Å². The zero-order valence-corrected chi connectivity index (χ0v) is 23.9. The number of ketones is 1. The maximum absolute atomic E-state index is 13.6. The number of quaternary nitrogens is 1. The van der Waals surface area contributed by atoms with Crippen molar-refractivity contribution in [2.24, 2.45) is 24.2 Å². The fourth-order valence-electron chi connectivity index (χ4n) is 5.26. The molecule has 7 N–H and O–H groups in total. The average molecular weight is 550 g/mol. The van der Waals surface area contributed by atoms with Crippen molar-refractivity contribution in [3.8, 4) is 0 Å². The van der Waals surface area contributed by atoms with Crippen molar-refractivity contribution in [3.63, 3.8) is 0 Å². The minimum Gasteiger partial charge on any atom is -0.345 e. The van der Waals surface area contributed by atoms with Gasteiger partial charge < -0.3 is 31.6 Å². The van der Waals surface area contributed by atoms with E-state index >= 15 is 0 Å². The van der Waals surface area contributed by atoms with E-state index in [2.05, 4.69) is 12.4 Å². The van der Waals surface area contributed by atoms with Crippen molar-refractivity contribution in [2.75, 3.05) is 39.8 Å². The van der Waals surface area contributed by atoms with Gasteiger partial charge in [0.2, 0.25) is 5.91 Å². The number of amides is 1. The number of likely N-dealkylation sites (N-methyl/N-ethyl adjacent to an activating group) is 1. The van der Waals surface area contributed by atoms with E-state index in [1.54, 1.807) is 17.7 Å². The summed E-state index contributed by atoms with van der Waals surface area (Å²) >= 11 is 0. The molecule has 0 radical (unpaired) electrons. The highest BCUT2D eigenvalue weighted by atomic mass is 16.2. The first-order chi connectivity index (χ1) is 19.2. The number of carbonyl (C=O) groups excluding carboxylic acids is 2. The molecule has 0 unspecified atom stereocenters. The minimum atomic E-state index is -0.759. The summed E-state index contributed by atoms with van der Waals surface area (Å²) in [5.74, 6) is -0.566. The summed E-state index contributed by atoms with van der Waals surface area (Å²) in [5, 5.41) is 3.79. The van der Waals surface area contributed by atoms with Crippen LogP contribution in [0.5, 0.6) is 0 Å². The van der Waals surface area contributed by atoms with Crippen LogP contribution in [0.1, 0.15) is 30.4 Å². The van der Waals surface area contributed by atoms with E-state index in [1.807, 2.05) is 54.6 Å². The molecule has 3 rings (SSSR count). The number of carbonyl (C=O) groups is 2. The number of hydrogen-bond donors (Lipinski definition) is 4. The predicted molar refractivity (Wildman–Crippen MR) is 161 cm³/mol. The monoisotopic (exact) mass is 549 g/mol. The molecule has 0 aliphatic heterocycles. The smallest absolute Gasteiger partial charge is 0.254 e. The third-order valence-corrected chi connectivity index (χ3v) is 7.73. The molecule has 40 heavy (non-hydrogen) atoms. The standard InChI is InChI=1S/C31H44N6O3/c1-36-28-13-7-6-11-24(28)21-25(31(36)40)22-29(38)27(15-14-23-9-4-3-5-10-23)35-30(39)26(34)12-8-18-37(2,19-16-32)20-17-33/h3-7,9-11,13,21,26-27H,8,12,14-20,22,32-34H2,1-2H3/p+1/t26-,27+/m0/s1. The lowest BCUT2D eigenvalue weighted by Crippen LogP contribution is -2.52. The second kappa shape index (κ2) is 14.9. The molecule has 0 fully saturated rings. The van der Waals surface area contributed by atoms with Crippen LogP contribution in [0.25, 0.3) is 10.9 Å². The molecule has 1 aromatic heterocycles. The molecule has 3 aromatic rings. The number of pyridine rings is 1. The van der Waals surface area contributed by atoms with Gasteiger partial charge in [-0.2, -0.15) is 0 Å². The zero-order valence-electron chi connectivity index (χ0n) is 23.9. The summed E-state index contributed by atoms with van der Waals surface area (Å²) in [6.07, 6.45) is 2.18. The van der Waals surface area contributed by atoms with Crippen LogP contribution >= 0.6 is 0 Å². The zero-order chi connectivity index (χ0) is 29.1. The first-order valence-corrected chi connectivity index (χ1v) is 14.1. The van der Waals surface area contributed by atoms with E-state index in [0.717, 1.165) is 47.0 Å². The van der Waals surface area contributed by atoms with Crippen LogP contribution in [0.3, 0.4) is 0 Å². The molecular weight excluding hydrogens is 504 g/mol. The molecule has 2 aromatic carbocycles. The highest BCUT2D eigenvalue weighted by Gasteiger charge is 2.26. The molecule has 9 nitrogen and oxygen atoms in total. The molecule has 0 saturated carbocycles. The Bertz CT molecular complexity index is 1320. The van der Waals surface area contributed by atoms with Crippen LogP contribution in [0.4, 0.5) is 0 Å². The Morgan fingerprint density at radius 2 is 1.60 bits per heavy atom. The quantitative estimate of drug-likeness (QED) is 0.198. The maximum atomic E-state index is 13.6. The number of Topliss-reactive ketones (excluding diaryl/α,β-unsaturated/α-hetero) is 1. The molecule has 0 saturated heterocycles. The summed E-state index contributed by atoms with van der Waals surface area (Å²) in [6, 6.07) is 17.6. The molecule has 9 heteroatoms. The lowest BCUT2D eigenvalue weighted by atomic mass is 9.97. The third-order valence-electron chi connectivity index (χ3n) is 7.73. The Morgan fingerprint density at radius 1 is 0.950 bits per heavy atom. The molecule has 216 valence electrons. The molecule has 1 amide bonds. The van der Waals surface area contributed by atoms with Gasteiger partial charge >= 0.3 is 0 Å². The number of rotatable bonds is 16. The highest BCUT2D eigenvalue weighted by molar-refractivity contribution is 5.92. The number of benzene rings is 2. The predicted octanol–water partition coefficient (Wildman–Crippen LogP) is 1.24. The van der Waals surface area contributed by atoms with E-state index < -0.39 is 12.1 Å². The number of nitrogens with zero attached hydrogens (tertiary/aromatic N) is 2. The Morgan fingerprint density at radius 3 is 2.27 bits per heavy atom. The SMILES string of the molecule is Cn1c(=O)c(CC(=O)[C@@H](CCc2ccccc2)NC(=O)[C@@H](N)CCC[N+](C)(CCN)CCN)cc2ccccc21. The maximum Gasteiger partial charge on any atom is 0.254 e. The molecule has 0 aliphatic carbocycles. The van der Waals surface area contributed by atoms with Crippen molar-refractivity contribution < 1.29 is 14.1 Å². The number of nitrogens with one attached hydrogen (secondary N) is 1. The van der Waals surface area contributed by atoms with E-state index in [0.29, 0.717) is 37.9 Å². The van der Waals surface area contributed by atoms with E-state index in [4.69, 9.17) is 17.2 Å². The lowest BCUT2D eigenvalue weighted by Gasteiger charge is -2.34. The molecule has 0 aliphatic rings. The number of fused-ring (bicyclic) bond motifs is 1. The van der Waals surface area contributed by atoms with E-state index in [9.17, 15) is 14.4 Å². The summed E-state index contributed by atoms with van der Waals surface area (Å²) in [5.41, 5.74) is 19.9. The number of hydrogen-bond acceptors (Lipinski definition) is 6. The normalized spacial score (nSPS) is 13.2. The van der Waals surface area contributed by atoms with Crippen LogP contribution in [-0.2, 0) is 29.5 Å². The Labute approximate surface area is 236 Å². The van der Waals surface area contributed by atoms with Crippen molar-refractivity contribution >= 4 is 22.6 Å². The van der Waals surface area contributed by atoms with Gasteiger partial charge in [-0.25, -0.2) is 0 Å². The number of nitrogens with two attached hydrogens (primary N) is 3. The van der Waals surface area contributed by atoms with Crippen LogP contribution in [0, 0.1) is 0 Å². The molecular formula is C31H45N6O3+. The van der Waals surface area contributed by atoms with Crippen LogP contribution in [-0.4, -0.2) is 72.6 Å². The third kappa shape index (κ3) is 8.56.